The lowest BCUT2D eigenvalue weighted by atomic mass is 9.96. The number of thioether (sulfide) groups is 1. The summed E-state index contributed by atoms with van der Waals surface area (Å²) in [6.45, 7) is 3.21. The highest BCUT2D eigenvalue weighted by Crippen LogP contribution is 2.17. The van der Waals surface area contributed by atoms with Crippen LogP contribution in [0.1, 0.15) is 39.0 Å². The molecular weight excluding hydrogens is 218 g/mol. The molecule has 1 atom stereocenters. The summed E-state index contributed by atoms with van der Waals surface area (Å²) in [5.74, 6) is 0.966. The molecular formula is C12H25N3S. The monoisotopic (exact) mass is 243 g/mol. The quantitative estimate of drug-likeness (QED) is 0.587. The molecule has 2 N–H and O–H groups in total. The SMILES string of the molecule is CN=C(NCC(C)SC)NC1CCCCC1. The van der Waals surface area contributed by atoms with Crippen LogP contribution in [-0.4, -0.2) is 37.1 Å². The summed E-state index contributed by atoms with van der Waals surface area (Å²) < 4.78 is 0. The van der Waals surface area contributed by atoms with E-state index in [1.807, 2.05) is 18.8 Å². The number of hydrogen-bond donors (Lipinski definition) is 2. The van der Waals surface area contributed by atoms with E-state index in [1.165, 1.54) is 32.1 Å². The van der Waals surface area contributed by atoms with Gasteiger partial charge in [-0.1, -0.05) is 26.2 Å². The standard InChI is InChI=1S/C12H25N3S/c1-10(16-3)9-14-12(13-2)15-11-7-5-4-6-8-11/h10-11H,4-9H2,1-3H3,(H2,13,14,15). The van der Waals surface area contributed by atoms with Crippen LogP contribution in [0.15, 0.2) is 4.99 Å². The average Bonchev–Trinajstić information content (AvgIpc) is 2.35. The third-order valence-electron chi connectivity index (χ3n) is 3.13. The molecule has 94 valence electrons. The van der Waals surface area contributed by atoms with Gasteiger partial charge in [0, 0.05) is 24.9 Å². The minimum atomic E-state index is 0.629. The molecule has 0 aromatic rings. The van der Waals surface area contributed by atoms with Crippen molar-refractivity contribution < 1.29 is 0 Å². The molecule has 1 saturated carbocycles. The zero-order valence-electron chi connectivity index (χ0n) is 10.8. The first kappa shape index (κ1) is 13.7. The predicted octanol–water partition coefficient (Wildman–Crippen LogP) is 2.24. The van der Waals surface area contributed by atoms with Crippen molar-refractivity contribution in [2.24, 2.45) is 4.99 Å². The van der Waals surface area contributed by atoms with Crippen molar-refractivity contribution in [1.82, 2.24) is 10.6 Å². The van der Waals surface area contributed by atoms with E-state index in [0.29, 0.717) is 11.3 Å². The first-order valence-corrected chi connectivity index (χ1v) is 7.55. The van der Waals surface area contributed by atoms with E-state index in [0.717, 1.165) is 12.5 Å². The second-order valence-corrected chi connectivity index (χ2v) is 5.75. The number of nitrogens with one attached hydrogen (secondary N) is 2. The first-order valence-electron chi connectivity index (χ1n) is 6.26. The fraction of sp³-hybridized carbons (Fsp3) is 0.917. The molecule has 1 aliphatic carbocycles. The van der Waals surface area contributed by atoms with Crippen LogP contribution in [0.3, 0.4) is 0 Å². The Bertz CT molecular complexity index is 212. The molecule has 0 saturated heterocycles. The van der Waals surface area contributed by atoms with Crippen LogP contribution in [0.5, 0.6) is 0 Å². The molecule has 0 heterocycles. The number of rotatable bonds is 4. The molecule has 1 aliphatic rings. The van der Waals surface area contributed by atoms with Crippen LogP contribution < -0.4 is 10.6 Å². The second kappa shape index (κ2) is 7.82. The van der Waals surface area contributed by atoms with E-state index >= 15 is 0 Å². The molecule has 1 unspecified atom stereocenters. The molecule has 0 aromatic heterocycles. The van der Waals surface area contributed by atoms with Gasteiger partial charge in [-0.15, -0.1) is 0 Å². The maximum atomic E-state index is 4.27. The first-order chi connectivity index (χ1) is 7.76. The van der Waals surface area contributed by atoms with Crippen LogP contribution in [-0.2, 0) is 0 Å². The van der Waals surface area contributed by atoms with Crippen LogP contribution in [0.25, 0.3) is 0 Å². The number of hydrogen-bond acceptors (Lipinski definition) is 2. The van der Waals surface area contributed by atoms with Gasteiger partial charge in [-0.2, -0.15) is 11.8 Å². The maximum Gasteiger partial charge on any atom is 0.191 e. The van der Waals surface area contributed by atoms with Gasteiger partial charge in [-0.25, -0.2) is 0 Å². The molecule has 4 heteroatoms. The summed E-state index contributed by atoms with van der Waals surface area (Å²) in [5, 5.41) is 7.53. The van der Waals surface area contributed by atoms with E-state index in [1.54, 1.807) is 0 Å². The topological polar surface area (TPSA) is 36.4 Å². The summed E-state index contributed by atoms with van der Waals surface area (Å²) in [6, 6.07) is 0.629. The zero-order valence-corrected chi connectivity index (χ0v) is 11.6. The minimum Gasteiger partial charge on any atom is -0.355 e. The van der Waals surface area contributed by atoms with Gasteiger partial charge in [0.2, 0.25) is 0 Å². The lowest BCUT2D eigenvalue weighted by Crippen LogP contribution is -2.45. The molecule has 0 amide bonds. The van der Waals surface area contributed by atoms with Gasteiger partial charge >= 0.3 is 0 Å². The predicted molar refractivity (Wildman–Crippen MR) is 74.3 cm³/mol. The molecule has 0 aromatic carbocycles. The van der Waals surface area contributed by atoms with E-state index in [4.69, 9.17) is 0 Å². The second-order valence-electron chi connectivity index (χ2n) is 4.48. The number of guanidine groups is 1. The van der Waals surface area contributed by atoms with Crippen molar-refractivity contribution in [3.63, 3.8) is 0 Å². The van der Waals surface area contributed by atoms with Crippen molar-refractivity contribution in [1.29, 1.82) is 0 Å². The van der Waals surface area contributed by atoms with E-state index < -0.39 is 0 Å². The summed E-state index contributed by atoms with van der Waals surface area (Å²) in [5.41, 5.74) is 0. The normalized spacial score (nSPS) is 20.6. The number of nitrogens with zero attached hydrogens (tertiary/aromatic N) is 1. The molecule has 1 rings (SSSR count). The van der Waals surface area contributed by atoms with Crippen LogP contribution in [0, 0.1) is 0 Å². The third-order valence-corrected chi connectivity index (χ3v) is 4.10. The fourth-order valence-electron chi connectivity index (χ4n) is 1.96. The van der Waals surface area contributed by atoms with Gasteiger partial charge in [0.25, 0.3) is 0 Å². The van der Waals surface area contributed by atoms with Gasteiger partial charge in [0.1, 0.15) is 0 Å². The van der Waals surface area contributed by atoms with Crippen LogP contribution >= 0.6 is 11.8 Å². The largest absolute Gasteiger partial charge is 0.355 e. The van der Waals surface area contributed by atoms with E-state index in [9.17, 15) is 0 Å². The lowest BCUT2D eigenvalue weighted by molar-refractivity contribution is 0.410. The Morgan fingerprint density at radius 1 is 1.38 bits per heavy atom. The Morgan fingerprint density at radius 2 is 2.06 bits per heavy atom. The molecule has 3 nitrogen and oxygen atoms in total. The zero-order chi connectivity index (χ0) is 11.8. The number of aliphatic imine (C=N–C) groups is 1. The molecule has 16 heavy (non-hydrogen) atoms. The summed E-state index contributed by atoms with van der Waals surface area (Å²) in [7, 11) is 1.85. The smallest absolute Gasteiger partial charge is 0.191 e. The van der Waals surface area contributed by atoms with Crippen molar-refractivity contribution in [2.45, 2.75) is 50.3 Å². The Labute approximate surface area is 104 Å². The Kier molecular flexibility index (Phi) is 6.69. The molecule has 0 aliphatic heterocycles. The highest BCUT2D eigenvalue weighted by molar-refractivity contribution is 7.99. The molecule has 1 fully saturated rings. The Morgan fingerprint density at radius 3 is 2.62 bits per heavy atom. The summed E-state index contributed by atoms with van der Waals surface area (Å²) in [6.07, 6.45) is 8.83. The van der Waals surface area contributed by atoms with Crippen molar-refractivity contribution in [3.8, 4) is 0 Å². The van der Waals surface area contributed by atoms with E-state index in [2.05, 4.69) is 28.8 Å². The Hall–Kier alpha value is -0.380. The highest BCUT2D eigenvalue weighted by Gasteiger charge is 2.14. The fourth-order valence-corrected chi connectivity index (χ4v) is 2.21. The van der Waals surface area contributed by atoms with E-state index in [-0.39, 0.29) is 0 Å². The molecule has 0 radical (unpaired) electrons. The molecule has 0 bridgehead atoms. The van der Waals surface area contributed by atoms with Gasteiger partial charge in [0.05, 0.1) is 0 Å². The van der Waals surface area contributed by atoms with Crippen molar-refractivity contribution in [2.75, 3.05) is 19.8 Å². The summed E-state index contributed by atoms with van der Waals surface area (Å²) >= 11 is 1.88. The summed E-state index contributed by atoms with van der Waals surface area (Å²) in [4.78, 5) is 4.27. The van der Waals surface area contributed by atoms with Crippen molar-refractivity contribution >= 4 is 17.7 Å². The van der Waals surface area contributed by atoms with Crippen LogP contribution in [0.2, 0.25) is 0 Å². The van der Waals surface area contributed by atoms with Crippen LogP contribution in [0.4, 0.5) is 0 Å². The Balaban J connectivity index is 2.25. The minimum absolute atomic E-state index is 0.629. The van der Waals surface area contributed by atoms with Crippen molar-refractivity contribution in [3.05, 3.63) is 0 Å². The molecule has 0 spiro atoms. The average molecular weight is 243 g/mol. The highest BCUT2D eigenvalue weighted by atomic mass is 32.2. The lowest BCUT2D eigenvalue weighted by Gasteiger charge is -2.25. The van der Waals surface area contributed by atoms with Gasteiger partial charge in [-0.05, 0) is 19.1 Å². The van der Waals surface area contributed by atoms with Gasteiger partial charge in [0.15, 0.2) is 5.96 Å². The van der Waals surface area contributed by atoms with Gasteiger partial charge < -0.3 is 10.6 Å². The third kappa shape index (κ3) is 5.10. The van der Waals surface area contributed by atoms with Gasteiger partial charge in [-0.3, -0.25) is 4.99 Å². The maximum absolute atomic E-state index is 4.27.